The minimum absolute atomic E-state index is 0.0345. The van der Waals surface area contributed by atoms with Gasteiger partial charge in [0, 0.05) is 32.2 Å². The van der Waals surface area contributed by atoms with E-state index in [0.717, 1.165) is 43.4 Å². The van der Waals surface area contributed by atoms with Gasteiger partial charge in [0.1, 0.15) is 17.4 Å². The first-order valence-corrected chi connectivity index (χ1v) is 12.0. The summed E-state index contributed by atoms with van der Waals surface area (Å²) in [6.45, 7) is 2.70. The number of nitrogens with zero attached hydrogens (tertiary/aromatic N) is 4. The van der Waals surface area contributed by atoms with Crippen LogP contribution in [0, 0.1) is 11.6 Å². The number of nitrogens with one attached hydrogen (secondary N) is 2. The number of amides is 2. The second kappa shape index (κ2) is 11.4. The maximum absolute atomic E-state index is 14.1. The smallest absolute Gasteiger partial charge is 0.406 e. The molecule has 1 aromatic heterocycles. The number of rotatable bonds is 7. The van der Waals surface area contributed by atoms with Crippen LogP contribution in [-0.2, 0) is 4.79 Å². The Morgan fingerprint density at radius 3 is 2.37 bits per heavy atom. The molecule has 0 radical (unpaired) electrons. The molecular formula is C23H21F5N6O3S. The summed E-state index contributed by atoms with van der Waals surface area (Å²) in [4.78, 5) is 29.6. The maximum Gasteiger partial charge on any atom is 0.573 e. The van der Waals surface area contributed by atoms with Crippen molar-refractivity contribution >= 4 is 34.0 Å². The highest BCUT2D eigenvalue weighted by atomic mass is 32.1. The molecule has 2 aromatic carbocycles. The van der Waals surface area contributed by atoms with Crippen LogP contribution in [0.1, 0.15) is 10.4 Å². The zero-order valence-electron chi connectivity index (χ0n) is 19.8. The maximum atomic E-state index is 14.1. The minimum atomic E-state index is -4.99. The molecule has 3 aromatic rings. The van der Waals surface area contributed by atoms with E-state index in [-0.39, 0.29) is 27.9 Å². The molecular weight excluding hydrogens is 535 g/mol. The fourth-order valence-electron chi connectivity index (χ4n) is 3.66. The van der Waals surface area contributed by atoms with Gasteiger partial charge in [-0.05, 0) is 31.3 Å². The van der Waals surface area contributed by atoms with E-state index in [9.17, 15) is 31.5 Å². The van der Waals surface area contributed by atoms with Crippen LogP contribution in [0.2, 0.25) is 0 Å². The minimum Gasteiger partial charge on any atom is -0.406 e. The zero-order valence-corrected chi connectivity index (χ0v) is 20.6. The van der Waals surface area contributed by atoms with Gasteiger partial charge in [0.25, 0.3) is 5.91 Å². The SMILES string of the molecule is CN1CCN(CC(=O)Nc2cc(OC(F)(F)F)ccc2C(=O)Nc2nnc(-c3c(F)cccc3F)s2)CC1. The summed E-state index contributed by atoms with van der Waals surface area (Å²) in [6.07, 6.45) is -4.99. The largest absolute Gasteiger partial charge is 0.573 e. The van der Waals surface area contributed by atoms with E-state index in [2.05, 4.69) is 30.5 Å². The number of hydrogen-bond donors (Lipinski definition) is 2. The molecule has 202 valence electrons. The fourth-order valence-corrected chi connectivity index (χ4v) is 4.45. The average Bonchev–Trinajstić information content (AvgIpc) is 3.27. The molecule has 1 aliphatic rings. The monoisotopic (exact) mass is 556 g/mol. The van der Waals surface area contributed by atoms with Crippen molar-refractivity contribution in [2.24, 2.45) is 0 Å². The van der Waals surface area contributed by atoms with Gasteiger partial charge in [0.15, 0.2) is 5.01 Å². The lowest BCUT2D eigenvalue weighted by atomic mass is 10.1. The molecule has 2 N–H and O–H groups in total. The Bertz CT molecular complexity index is 1310. The van der Waals surface area contributed by atoms with Gasteiger partial charge in [-0.25, -0.2) is 8.78 Å². The number of piperazine rings is 1. The molecule has 0 aliphatic carbocycles. The molecule has 1 aliphatic heterocycles. The summed E-state index contributed by atoms with van der Waals surface area (Å²) in [6, 6.07) is 6.10. The molecule has 4 rings (SSSR count). The van der Waals surface area contributed by atoms with Crippen molar-refractivity contribution in [2.45, 2.75) is 6.36 Å². The number of anilines is 2. The van der Waals surface area contributed by atoms with E-state index in [1.165, 1.54) is 6.07 Å². The molecule has 1 saturated heterocycles. The Balaban J connectivity index is 1.53. The normalized spacial score (nSPS) is 14.8. The van der Waals surface area contributed by atoms with E-state index in [0.29, 0.717) is 24.4 Å². The first kappa shape index (κ1) is 27.3. The van der Waals surface area contributed by atoms with E-state index >= 15 is 0 Å². The molecule has 1 fully saturated rings. The summed E-state index contributed by atoms with van der Waals surface area (Å²) in [7, 11) is 1.95. The van der Waals surface area contributed by atoms with Gasteiger partial charge in [-0.2, -0.15) is 0 Å². The predicted molar refractivity (Wildman–Crippen MR) is 129 cm³/mol. The van der Waals surface area contributed by atoms with Crippen molar-refractivity contribution in [1.29, 1.82) is 0 Å². The van der Waals surface area contributed by atoms with Gasteiger partial charge in [-0.3, -0.25) is 19.8 Å². The molecule has 0 spiro atoms. The summed E-state index contributed by atoms with van der Waals surface area (Å²) in [5.74, 6) is -3.78. The highest BCUT2D eigenvalue weighted by Crippen LogP contribution is 2.32. The summed E-state index contributed by atoms with van der Waals surface area (Å²) >= 11 is 0.686. The molecule has 9 nitrogen and oxygen atoms in total. The number of carbonyl (C=O) groups is 2. The number of aromatic nitrogens is 2. The van der Waals surface area contributed by atoms with Crippen molar-refractivity contribution in [3.05, 3.63) is 53.6 Å². The van der Waals surface area contributed by atoms with Gasteiger partial charge in [-0.15, -0.1) is 23.4 Å². The Labute approximate surface area is 217 Å². The van der Waals surface area contributed by atoms with E-state index in [1.807, 2.05) is 11.9 Å². The van der Waals surface area contributed by atoms with Gasteiger partial charge in [0.05, 0.1) is 23.4 Å². The quantitative estimate of drug-likeness (QED) is 0.427. The van der Waals surface area contributed by atoms with Crippen molar-refractivity contribution in [2.75, 3.05) is 50.4 Å². The topological polar surface area (TPSA) is 99.7 Å². The lowest BCUT2D eigenvalue weighted by Crippen LogP contribution is -2.47. The number of benzene rings is 2. The highest BCUT2D eigenvalue weighted by molar-refractivity contribution is 7.18. The van der Waals surface area contributed by atoms with Crippen LogP contribution in [0.15, 0.2) is 36.4 Å². The number of halogens is 5. The van der Waals surface area contributed by atoms with Crippen LogP contribution in [0.4, 0.5) is 32.8 Å². The Kier molecular flexibility index (Phi) is 8.18. The van der Waals surface area contributed by atoms with Crippen molar-refractivity contribution < 1.29 is 36.3 Å². The number of ether oxygens (including phenoxy) is 1. The van der Waals surface area contributed by atoms with Crippen molar-refractivity contribution in [3.8, 4) is 16.3 Å². The number of hydrogen-bond acceptors (Lipinski definition) is 8. The van der Waals surface area contributed by atoms with Crippen LogP contribution in [0.5, 0.6) is 5.75 Å². The van der Waals surface area contributed by atoms with Gasteiger partial charge >= 0.3 is 6.36 Å². The number of likely N-dealkylation sites (N-methyl/N-ethyl adjacent to an activating group) is 1. The fraction of sp³-hybridized carbons (Fsp3) is 0.304. The molecule has 2 amide bonds. The Hall–Kier alpha value is -3.69. The summed E-state index contributed by atoms with van der Waals surface area (Å²) in [5, 5.41) is 12.0. The zero-order chi connectivity index (χ0) is 27.4. The van der Waals surface area contributed by atoms with Crippen LogP contribution in [-0.4, -0.2) is 77.9 Å². The highest BCUT2D eigenvalue weighted by Gasteiger charge is 2.32. The standard InChI is InChI=1S/C23H21F5N6O3S/c1-33-7-9-34(10-8-33)12-18(35)29-17-11-13(37-23(26,27)28)5-6-14(17)20(36)30-22-32-31-21(38-22)19-15(24)3-2-4-16(19)25/h2-6,11H,7-10,12H2,1H3,(H,29,35)(H,30,32,36). The molecule has 38 heavy (non-hydrogen) atoms. The third-order valence-corrected chi connectivity index (χ3v) is 6.38. The van der Waals surface area contributed by atoms with E-state index in [4.69, 9.17) is 0 Å². The number of carbonyl (C=O) groups excluding carboxylic acids is 2. The van der Waals surface area contributed by atoms with Crippen LogP contribution < -0.4 is 15.4 Å². The van der Waals surface area contributed by atoms with Crippen molar-refractivity contribution in [3.63, 3.8) is 0 Å². The first-order chi connectivity index (χ1) is 18.0. The van der Waals surface area contributed by atoms with Gasteiger partial charge in [0.2, 0.25) is 11.0 Å². The lowest BCUT2D eigenvalue weighted by molar-refractivity contribution is -0.274. The van der Waals surface area contributed by atoms with E-state index in [1.54, 1.807) is 0 Å². The molecule has 2 heterocycles. The first-order valence-electron chi connectivity index (χ1n) is 11.2. The Morgan fingerprint density at radius 1 is 1.03 bits per heavy atom. The van der Waals surface area contributed by atoms with Gasteiger partial charge in [-0.1, -0.05) is 17.4 Å². The average molecular weight is 557 g/mol. The molecule has 0 saturated carbocycles. The third-order valence-electron chi connectivity index (χ3n) is 5.53. The molecule has 15 heteroatoms. The van der Waals surface area contributed by atoms with Crippen LogP contribution in [0.3, 0.4) is 0 Å². The van der Waals surface area contributed by atoms with Crippen LogP contribution >= 0.6 is 11.3 Å². The van der Waals surface area contributed by atoms with Crippen LogP contribution in [0.25, 0.3) is 10.6 Å². The third kappa shape index (κ3) is 6.99. The molecule has 0 bridgehead atoms. The number of alkyl halides is 3. The molecule has 0 atom stereocenters. The summed E-state index contributed by atoms with van der Waals surface area (Å²) in [5.41, 5.74) is -0.843. The second-order valence-electron chi connectivity index (χ2n) is 8.35. The second-order valence-corrected chi connectivity index (χ2v) is 9.32. The van der Waals surface area contributed by atoms with Crippen molar-refractivity contribution in [1.82, 2.24) is 20.0 Å². The summed E-state index contributed by atoms with van der Waals surface area (Å²) < 4.78 is 70.3. The lowest BCUT2D eigenvalue weighted by Gasteiger charge is -2.31. The van der Waals surface area contributed by atoms with Gasteiger partial charge < -0.3 is 15.0 Å². The Morgan fingerprint density at radius 2 is 1.71 bits per heavy atom. The van der Waals surface area contributed by atoms with E-state index < -0.39 is 41.1 Å². The predicted octanol–water partition coefficient (Wildman–Crippen LogP) is 3.82. The molecule has 0 unspecified atom stereocenters.